The Morgan fingerprint density at radius 1 is 0.268 bits per heavy atom. The van der Waals surface area contributed by atoms with Crippen molar-refractivity contribution in [2.45, 2.75) is 96.3 Å². The third kappa shape index (κ3) is 7.18. The fourth-order valence-corrected chi connectivity index (χ4v) is 15.1. The zero-order valence-electron chi connectivity index (χ0n) is 49.0. The van der Waals surface area contributed by atoms with Crippen LogP contribution in [0.1, 0.15) is 125 Å². The number of hydrogen-bond donors (Lipinski definition) is 0. The summed E-state index contributed by atoms with van der Waals surface area (Å²) in [6.45, 7) is 23.5. The maximum absolute atomic E-state index is 2.55. The molecule has 0 atom stereocenters. The number of nitrogens with zero attached hydrogens (tertiary/aromatic N) is 1. The van der Waals surface area contributed by atoms with Gasteiger partial charge in [-0.25, -0.2) is 0 Å². The summed E-state index contributed by atoms with van der Waals surface area (Å²) >= 11 is 0. The van der Waals surface area contributed by atoms with Crippen molar-refractivity contribution >= 4 is 17.1 Å². The summed E-state index contributed by atoms with van der Waals surface area (Å²) in [5, 5.41) is 0. The summed E-state index contributed by atoms with van der Waals surface area (Å²) in [4.78, 5) is 2.48. The van der Waals surface area contributed by atoms with Crippen molar-refractivity contribution in [3.63, 3.8) is 0 Å². The predicted molar refractivity (Wildman–Crippen MR) is 346 cm³/mol. The van der Waals surface area contributed by atoms with Crippen molar-refractivity contribution < 1.29 is 0 Å². The molecule has 0 fully saturated rings. The van der Waals surface area contributed by atoms with E-state index in [1.54, 1.807) is 0 Å². The zero-order valence-corrected chi connectivity index (χ0v) is 49.0. The van der Waals surface area contributed by atoms with E-state index >= 15 is 0 Å². The molecule has 0 bridgehead atoms. The van der Waals surface area contributed by atoms with E-state index in [-0.39, 0.29) is 21.7 Å². The Morgan fingerprint density at radius 2 is 0.659 bits per heavy atom. The molecule has 0 heterocycles. The molecule has 4 aliphatic rings. The SMILES string of the molecule is CC(C)(C)c1ccc2c(c1)C1(c3ccccc3-c3ccc(-c4ccc(N(c5ccc(-c6ccc7c(c6)-c6ccccc6C7(C)C)cc5)c5ccccc5-c5cccc6c5-c5ccccc5C6(C)C)cc4)cc31)c1cc(C(C)(C)C)ccc1-2. The minimum Gasteiger partial charge on any atom is -0.310 e. The number of benzene rings is 11. The maximum Gasteiger partial charge on any atom is 0.0725 e. The van der Waals surface area contributed by atoms with Crippen LogP contribution in [0.4, 0.5) is 17.1 Å². The van der Waals surface area contributed by atoms with Crippen molar-refractivity contribution in [3.05, 3.63) is 292 Å². The van der Waals surface area contributed by atoms with Crippen LogP contribution in [-0.2, 0) is 27.1 Å². The second-order valence-electron chi connectivity index (χ2n) is 26.9. The molecule has 398 valence electrons. The summed E-state index contributed by atoms with van der Waals surface area (Å²) in [5.41, 5.74) is 34.4. The summed E-state index contributed by atoms with van der Waals surface area (Å²) in [6, 6.07) is 90.9. The van der Waals surface area contributed by atoms with Crippen LogP contribution in [0.5, 0.6) is 0 Å². The highest BCUT2D eigenvalue weighted by Gasteiger charge is 2.52. The van der Waals surface area contributed by atoms with Gasteiger partial charge in [0.2, 0.25) is 0 Å². The van der Waals surface area contributed by atoms with Gasteiger partial charge < -0.3 is 4.90 Å². The second kappa shape index (κ2) is 17.6. The Balaban J connectivity index is 0.882. The van der Waals surface area contributed by atoms with Gasteiger partial charge in [0.25, 0.3) is 0 Å². The van der Waals surface area contributed by atoms with Gasteiger partial charge in [-0.05, 0) is 181 Å². The largest absolute Gasteiger partial charge is 0.310 e. The molecule has 0 saturated carbocycles. The summed E-state index contributed by atoms with van der Waals surface area (Å²) in [7, 11) is 0. The van der Waals surface area contributed by atoms with Gasteiger partial charge in [0.1, 0.15) is 0 Å². The van der Waals surface area contributed by atoms with Crippen molar-refractivity contribution in [2.24, 2.45) is 0 Å². The molecule has 4 aliphatic carbocycles. The maximum atomic E-state index is 2.55. The highest BCUT2D eigenvalue weighted by atomic mass is 15.1. The van der Waals surface area contributed by atoms with Crippen LogP contribution in [0.15, 0.2) is 237 Å². The van der Waals surface area contributed by atoms with Gasteiger partial charge >= 0.3 is 0 Å². The average Bonchev–Trinajstić information content (AvgIpc) is 4.09. The van der Waals surface area contributed by atoms with Crippen LogP contribution >= 0.6 is 0 Å². The lowest BCUT2D eigenvalue weighted by atomic mass is 9.68. The topological polar surface area (TPSA) is 3.24 Å². The summed E-state index contributed by atoms with van der Waals surface area (Å²) in [5.74, 6) is 0. The van der Waals surface area contributed by atoms with Crippen LogP contribution in [0.2, 0.25) is 0 Å². The quantitative estimate of drug-likeness (QED) is 0.160. The van der Waals surface area contributed by atoms with E-state index in [0.29, 0.717) is 0 Å². The first-order valence-electron chi connectivity index (χ1n) is 29.6. The second-order valence-corrected chi connectivity index (χ2v) is 26.9. The third-order valence-electron chi connectivity index (χ3n) is 19.5. The number of para-hydroxylation sites is 1. The van der Waals surface area contributed by atoms with Crippen LogP contribution in [0.3, 0.4) is 0 Å². The fourth-order valence-electron chi connectivity index (χ4n) is 15.1. The van der Waals surface area contributed by atoms with Gasteiger partial charge in [0, 0.05) is 27.8 Å². The van der Waals surface area contributed by atoms with Crippen LogP contribution in [0, 0.1) is 0 Å². The van der Waals surface area contributed by atoms with Crippen LogP contribution < -0.4 is 4.90 Å². The molecule has 0 saturated heterocycles. The Kier molecular flexibility index (Phi) is 10.8. The molecule has 82 heavy (non-hydrogen) atoms. The lowest BCUT2D eigenvalue weighted by molar-refractivity contribution is 0.586. The Bertz CT molecular complexity index is 4390. The first-order valence-corrected chi connectivity index (χ1v) is 29.6. The number of hydrogen-bond acceptors (Lipinski definition) is 1. The minimum absolute atomic E-state index is 0.0148. The minimum atomic E-state index is -0.476. The molecule has 0 amide bonds. The fraction of sp³-hybridized carbons (Fsp3) is 0.185. The van der Waals surface area contributed by atoms with E-state index in [1.807, 2.05) is 0 Å². The van der Waals surface area contributed by atoms with E-state index in [1.165, 1.54) is 134 Å². The monoisotopic (exact) mass is 1060 g/mol. The van der Waals surface area contributed by atoms with Gasteiger partial charge in [0.15, 0.2) is 0 Å². The molecule has 0 N–H and O–H groups in total. The lowest BCUT2D eigenvalue weighted by Crippen LogP contribution is -2.27. The highest BCUT2D eigenvalue weighted by Crippen LogP contribution is 2.64. The molecule has 1 nitrogen and oxygen atoms in total. The number of rotatable bonds is 6. The highest BCUT2D eigenvalue weighted by molar-refractivity contribution is 6.00. The normalized spacial score (nSPS) is 15.0. The standard InChI is InChI=1S/C81H69N/c1-77(2,3)54-36-43-61-62-44-37-55(78(4,5)6)49-74(62)81(73(61)48-54)70-27-17-12-20-58(70)60-42-34-53(47-72(60)81)51-32-40-57(41-33-51)82(56-38-30-50(31-39-56)52-35-45-69-66(46-52)59-21-11-15-25-67(59)79(69,7)8)75-29-18-14-22-63(75)64-24-19-28-71-76(64)65-23-13-16-26-68(65)80(71,9)10/h11-49H,1-10H3. The lowest BCUT2D eigenvalue weighted by Gasteiger charge is -2.33. The van der Waals surface area contributed by atoms with Crippen LogP contribution in [0.25, 0.3) is 77.9 Å². The molecular weight excluding hydrogens is 987 g/mol. The van der Waals surface area contributed by atoms with Gasteiger partial charge in [-0.3, -0.25) is 0 Å². The van der Waals surface area contributed by atoms with Crippen molar-refractivity contribution in [1.29, 1.82) is 0 Å². The molecule has 0 unspecified atom stereocenters. The van der Waals surface area contributed by atoms with E-state index < -0.39 is 5.41 Å². The smallest absolute Gasteiger partial charge is 0.0725 e. The number of fused-ring (bicyclic) bond motifs is 16. The molecule has 0 aromatic heterocycles. The van der Waals surface area contributed by atoms with Crippen molar-refractivity contribution in [1.82, 2.24) is 0 Å². The molecule has 11 aromatic rings. The zero-order chi connectivity index (χ0) is 56.2. The first kappa shape index (κ1) is 50.2. The van der Waals surface area contributed by atoms with Crippen molar-refractivity contribution in [3.8, 4) is 77.9 Å². The van der Waals surface area contributed by atoms with Gasteiger partial charge in [-0.15, -0.1) is 0 Å². The van der Waals surface area contributed by atoms with E-state index in [9.17, 15) is 0 Å². The van der Waals surface area contributed by atoms with Gasteiger partial charge in [-0.1, -0.05) is 263 Å². The Morgan fingerprint density at radius 3 is 1.24 bits per heavy atom. The van der Waals surface area contributed by atoms with Crippen LogP contribution in [-0.4, -0.2) is 0 Å². The van der Waals surface area contributed by atoms with E-state index in [0.717, 1.165) is 17.1 Å². The first-order chi connectivity index (χ1) is 39.4. The molecule has 15 rings (SSSR count). The van der Waals surface area contributed by atoms with Gasteiger partial charge in [0.05, 0.1) is 11.1 Å². The average molecular weight is 1060 g/mol. The summed E-state index contributed by atoms with van der Waals surface area (Å²) in [6.07, 6.45) is 0. The molecule has 1 heteroatoms. The third-order valence-corrected chi connectivity index (χ3v) is 19.5. The Hall–Kier alpha value is -8.78. The Labute approximate surface area is 485 Å². The van der Waals surface area contributed by atoms with E-state index in [2.05, 4.69) is 311 Å². The molecule has 11 aromatic carbocycles. The molecular formula is C81H69N. The predicted octanol–water partition coefficient (Wildman–Crippen LogP) is 21.7. The summed E-state index contributed by atoms with van der Waals surface area (Å²) < 4.78 is 0. The molecule has 0 aliphatic heterocycles. The number of anilines is 3. The molecule has 0 radical (unpaired) electrons. The van der Waals surface area contributed by atoms with E-state index in [4.69, 9.17) is 0 Å². The molecule has 1 spiro atoms. The van der Waals surface area contributed by atoms with Crippen molar-refractivity contribution in [2.75, 3.05) is 4.90 Å². The van der Waals surface area contributed by atoms with Gasteiger partial charge in [-0.2, -0.15) is 0 Å².